The summed E-state index contributed by atoms with van der Waals surface area (Å²) in [5.41, 5.74) is 6.82. The minimum atomic E-state index is -3.96. The molecule has 0 aliphatic carbocycles. The van der Waals surface area contributed by atoms with E-state index in [0.717, 1.165) is 59.3 Å². The van der Waals surface area contributed by atoms with Crippen LogP contribution in [0.5, 0.6) is 0 Å². The molecule has 7 nitrogen and oxygen atoms in total. The van der Waals surface area contributed by atoms with Crippen LogP contribution in [0, 0.1) is 0 Å². The summed E-state index contributed by atoms with van der Waals surface area (Å²) >= 11 is 12.3. The van der Waals surface area contributed by atoms with Crippen molar-refractivity contribution in [2.75, 3.05) is 0 Å². The highest BCUT2D eigenvalue weighted by molar-refractivity contribution is 7.89. The molecule has 0 bridgehead atoms. The van der Waals surface area contributed by atoms with Crippen molar-refractivity contribution < 1.29 is 8.42 Å². The molecule has 0 saturated carbocycles. The number of hydrogen-bond donors (Lipinski definition) is 1. The Bertz CT molecular complexity index is 1760. The third kappa shape index (κ3) is 5.86. The molecule has 0 aliphatic rings. The molecule has 3 aromatic carbocycles. The molecule has 0 aliphatic heterocycles. The topological polar surface area (TPSA) is 95.8 Å². The number of sulfonamides is 1. The average Bonchev–Trinajstić information content (AvgIpc) is 3.54. The average molecular weight is 595 g/mol. The van der Waals surface area contributed by atoms with Gasteiger partial charge in [0.2, 0.25) is 10.0 Å². The summed E-state index contributed by atoms with van der Waals surface area (Å²) in [6.07, 6.45) is 7.40. The Hall–Kier alpha value is -3.43. The van der Waals surface area contributed by atoms with Gasteiger partial charge in [-0.1, -0.05) is 74.2 Å². The van der Waals surface area contributed by atoms with Crippen molar-refractivity contribution in [2.45, 2.75) is 44.4 Å². The maximum atomic E-state index is 12.4. The number of hydrogen-bond acceptors (Lipinski definition) is 4. The van der Waals surface area contributed by atoms with Gasteiger partial charge >= 0.3 is 0 Å². The van der Waals surface area contributed by atoms with E-state index in [1.165, 1.54) is 6.07 Å². The van der Waals surface area contributed by atoms with E-state index in [0.29, 0.717) is 21.4 Å². The number of nitrogens with two attached hydrogens (primary N) is 1. The summed E-state index contributed by atoms with van der Waals surface area (Å²) in [6, 6.07) is 19.8. The van der Waals surface area contributed by atoms with E-state index in [1.807, 2.05) is 60.9 Å². The number of aryl methyl sites for hydroxylation is 2. The van der Waals surface area contributed by atoms with Gasteiger partial charge in [0, 0.05) is 33.6 Å². The maximum absolute atomic E-state index is 12.4. The van der Waals surface area contributed by atoms with Crippen molar-refractivity contribution in [3.05, 3.63) is 100 Å². The molecule has 2 N–H and O–H groups in total. The second-order valence-corrected chi connectivity index (χ2v) is 12.0. The maximum Gasteiger partial charge on any atom is 0.238 e. The second kappa shape index (κ2) is 11.6. The van der Waals surface area contributed by atoms with Crippen LogP contribution in [0.15, 0.2) is 84.0 Å². The Balaban J connectivity index is 1.71. The van der Waals surface area contributed by atoms with Crippen LogP contribution in [0.2, 0.25) is 10.0 Å². The zero-order chi connectivity index (χ0) is 28.4. The van der Waals surface area contributed by atoms with E-state index in [-0.39, 0.29) is 4.90 Å². The fourth-order valence-corrected chi connectivity index (χ4v) is 5.52. The summed E-state index contributed by atoms with van der Waals surface area (Å²) in [4.78, 5) is -0.00861. The molecule has 2 aromatic heterocycles. The summed E-state index contributed by atoms with van der Waals surface area (Å²) in [6.45, 7) is 4.22. The van der Waals surface area contributed by atoms with Crippen molar-refractivity contribution in [1.29, 1.82) is 0 Å². The van der Waals surface area contributed by atoms with Crippen LogP contribution >= 0.6 is 23.2 Å². The van der Waals surface area contributed by atoms with Crippen LogP contribution in [0.25, 0.3) is 33.9 Å². The predicted octanol–water partition coefficient (Wildman–Crippen LogP) is 7.25. The first-order valence-electron chi connectivity index (χ1n) is 13.0. The number of primary sulfonamides is 1. The lowest BCUT2D eigenvalue weighted by Gasteiger charge is -2.12. The lowest BCUT2D eigenvalue weighted by atomic mass is 10.1. The zero-order valence-corrected chi connectivity index (χ0v) is 24.5. The Morgan fingerprint density at radius 3 is 1.57 bits per heavy atom. The van der Waals surface area contributed by atoms with E-state index in [9.17, 15) is 8.42 Å². The van der Waals surface area contributed by atoms with Gasteiger partial charge in [-0.15, -0.1) is 0 Å². The van der Waals surface area contributed by atoms with Gasteiger partial charge in [0.25, 0.3) is 0 Å². The molecular formula is C30H29Cl2N5O2S. The highest BCUT2D eigenvalue weighted by Crippen LogP contribution is 2.31. The molecule has 5 aromatic rings. The van der Waals surface area contributed by atoms with E-state index < -0.39 is 10.0 Å². The number of nitrogens with zero attached hydrogens (tertiary/aromatic N) is 4. The van der Waals surface area contributed by atoms with Crippen LogP contribution in [-0.2, 0) is 22.9 Å². The fraction of sp³-hybridized carbons (Fsp3) is 0.200. The molecule has 0 amide bonds. The van der Waals surface area contributed by atoms with Crippen molar-refractivity contribution in [3.63, 3.8) is 0 Å². The number of aromatic nitrogens is 4. The van der Waals surface area contributed by atoms with Gasteiger partial charge < -0.3 is 0 Å². The highest BCUT2D eigenvalue weighted by atomic mass is 35.5. The molecule has 0 spiro atoms. The first-order chi connectivity index (χ1) is 19.2. The van der Waals surface area contributed by atoms with Crippen molar-refractivity contribution >= 4 is 33.2 Å². The minimum absolute atomic E-state index is 0.00861. The second-order valence-electron chi connectivity index (χ2n) is 9.60. The van der Waals surface area contributed by atoms with E-state index >= 15 is 0 Å². The van der Waals surface area contributed by atoms with E-state index in [2.05, 4.69) is 13.8 Å². The lowest BCUT2D eigenvalue weighted by Crippen LogP contribution is -2.14. The van der Waals surface area contributed by atoms with E-state index in [1.54, 1.807) is 21.5 Å². The van der Waals surface area contributed by atoms with Gasteiger partial charge in [-0.3, -0.25) is 0 Å². The van der Waals surface area contributed by atoms with Gasteiger partial charge in [-0.25, -0.2) is 22.9 Å². The van der Waals surface area contributed by atoms with Crippen LogP contribution in [-0.4, -0.2) is 28.0 Å². The number of rotatable bonds is 9. The molecule has 206 valence electrons. The molecule has 0 fully saturated rings. The van der Waals surface area contributed by atoms with Gasteiger partial charge in [0.15, 0.2) is 0 Å². The monoisotopic (exact) mass is 593 g/mol. The molecule has 0 atom stereocenters. The largest absolute Gasteiger partial charge is 0.238 e. The lowest BCUT2D eigenvalue weighted by molar-refractivity contribution is 0.597. The van der Waals surface area contributed by atoms with Crippen LogP contribution in [0.4, 0.5) is 0 Å². The van der Waals surface area contributed by atoms with Crippen molar-refractivity contribution in [3.8, 4) is 33.9 Å². The third-order valence-electron chi connectivity index (χ3n) is 6.62. The minimum Gasteiger partial charge on any atom is -0.238 e. The Labute approximate surface area is 244 Å². The molecule has 0 unspecified atom stereocenters. The Morgan fingerprint density at radius 1 is 0.700 bits per heavy atom. The zero-order valence-electron chi connectivity index (χ0n) is 22.2. The van der Waals surface area contributed by atoms with Crippen LogP contribution in [0.3, 0.4) is 0 Å². The molecular weight excluding hydrogens is 565 g/mol. The molecule has 5 rings (SSSR count). The summed E-state index contributed by atoms with van der Waals surface area (Å²) in [5.74, 6) is 0. The van der Waals surface area contributed by atoms with Crippen LogP contribution < -0.4 is 5.14 Å². The van der Waals surface area contributed by atoms with Gasteiger partial charge in [-0.05, 0) is 66.4 Å². The smallest absolute Gasteiger partial charge is 0.238 e. The summed E-state index contributed by atoms with van der Waals surface area (Å²) in [5, 5.41) is 16.7. The first kappa shape index (κ1) is 28.1. The van der Waals surface area contributed by atoms with Crippen LogP contribution in [0.1, 0.15) is 37.8 Å². The third-order valence-corrected chi connectivity index (χ3v) is 8.04. The van der Waals surface area contributed by atoms with Gasteiger partial charge in [0.1, 0.15) is 0 Å². The van der Waals surface area contributed by atoms with Gasteiger partial charge in [-0.2, -0.15) is 10.2 Å². The van der Waals surface area contributed by atoms with Gasteiger partial charge in [0.05, 0.1) is 27.7 Å². The molecule has 2 heterocycles. The standard InChI is InChI=1S/C30H29Cl2N5O2S/c1-3-5-22-18-36(34-29(22)20-7-11-24(31)12-8-20)27-16-15-26(40(33,38)39)17-28(27)37-19-23(6-4-2)30(35-37)21-9-13-25(32)14-10-21/h7-19H,3-6H2,1-2H3,(H2,33,38,39). The van der Waals surface area contributed by atoms with Crippen molar-refractivity contribution in [1.82, 2.24) is 19.6 Å². The summed E-state index contributed by atoms with van der Waals surface area (Å²) in [7, 11) is -3.96. The number of halogens is 2. The number of benzene rings is 3. The Kier molecular flexibility index (Phi) is 8.14. The molecule has 0 saturated heterocycles. The normalized spacial score (nSPS) is 11.7. The first-order valence-corrected chi connectivity index (χ1v) is 15.3. The summed E-state index contributed by atoms with van der Waals surface area (Å²) < 4.78 is 28.2. The van der Waals surface area contributed by atoms with E-state index in [4.69, 9.17) is 38.5 Å². The molecule has 10 heteroatoms. The fourth-order valence-electron chi connectivity index (χ4n) is 4.73. The quantitative estimate of drug-likeness (QED) is 0.194. The highest BCUT2D eigenvalue weighted by Gasteiger charge is 2.20. The SMILES string of the molecule is CCCc1cn(-c2ccc(S(N)(=O)=O)cc2-n2cc(CCC)c(-c3ccc(Cl)cc3)n2)nc1-c1ccc(Cl)cc1. The predicted molar refractivity (Wildman–Crippen MR) is 161 cm³/mol. The van der Waals surface area contributed by atoms with Crippen molar-refractivity contribution in [2.24, 2.45) is 5.14 Å². The Morgan fingerprint density at radius 2 is 1.15 bits per heavy atom. The molecule has 40 heavy (non-hydrogen) atoms. The molecule has 0 radical (unpaired) electrons.